The van der Waals surface area contributed by atoms with Crippen molar-refractivity contribution in [2.75, 3.05) is 31.1 Å². The normalized spacial score (nSPS) is 21.0. The molecule has 1 atom stereocenters. The summed E-state index contributed by atoms with van der Waals surface area (Å²) in [6, 6.07) is 0.393. The van der Waals surface area contributed by atoms with Gasteiger partial charge in [-0.3, -0.25) is 0 Å². The molecule has 1 unspecified atom stereocenters. The van der Waals surface area contributed by atoms with Crippen molar-refractivity contribution in [1.82, 2.24) is 15.3 Å². The Bertz CT molecular complexity index is 476. The number of fused-ring (bicyclic) bond motifs is 3. The van der Waals surface area contributed by atoms with Crippen LogP contribution in [0.3, 0.4) is 0 Å². The summed E-state index contributed by atoms with van der Waals surface area (Å²) in [6.07, 6.45) is 0. The van der Waals surface area contributed by atoms with Gasteiger partial charge in [0.25, 0.3) is 0 Å². The van der Waals surface area contributed by atoms with Gasteiger partial charge in [-0.05, 0) is 12.8 Å². The van der Waals surface area contributed by atoms with Crippen LogP contribution in [0, 0.1) is 6.92 Å². The van der Waals surface area contributed by atoms with E-state index in [1.165, 1.54) is 5.56 Å². The maximum Gasteiger partial charge on any atom is 0.138 e. The predicted octanol–water partition coefficient (Wildman–Crippen LogP) is 2.24. The fourth-order valence-electron chi connectivity index (χ4n) is 2.94. The maximum absolute atomic E-state index is 5.86. The summed E-state index contributed by atoms with van der Waals surface area (Å²) in [5, 5.41) is 3.43. The Kier molecular flexibility index (Phi) is 5.53. The van der Waals surface area contributed by atoms with Crippen molar-refractivity contribution in [1.29, 1.82) is 0 Å². The van der Waals surface area contributed by atoms with Crippen LogP contribution in [0.1, 0.15) is 50.7 Å². The molecule has 0 aliphatic carbocycles. The summed E-state index contributed by atoms with van der Waals surface area (Å²) in [4.78, 5) is 11.7. The van der Waals surface area contributed by atoms with E-state index < -0.39 is 0 Å². The van der Waals surface area contributed by atoms with Crippen molar-refractivity contribution < 1.29 is 4.74 Å². The molecule has 2 aliphatic rings. The molecule has 1 aromatic rings. The third kappa shape index (κ3) is 3.35. The molecule has 118 valence electrons. The van der Waals surface area contributed by atoms with Crippen LogP contribution in [0.5, 0.6) is 0 Å². The van der Waals surface area contributed by atoms with Gasteiger partial charge in [-0.15, -0.1) is 0 Å². The summed E-state index contributed by atoms with van der Waals surface area (Å²) < 4.78 is 5.86. The van der Waals surface area contributed by atoms with Crippen LogP contribution in [0.2, 0.25) is 0 Å². The monoisotopic (exact) mass is 292 g/mol. The lowest BCUT2D eigenvalue weighted by Crippen LogP contribution is -2.53. The fraction of sp³-hybridized carbons (Fsp3) is 0.750. The van der Waals surface area contributed by atoms with Gasteiger partial charge in [0.05, 0.1) is 24.9 Å². The van der Waals surface area contributed by atoms with Crippen LogP contribution in [-0.2, 0) is 11.3 Å². The minimum Gasteiger partial charge on any atom is -0.374 e. The van der Waals surface area contributed by atoms with Crippen LogP contribution in [0.15, 0.2) is 0 Å². The standard InChI is InChI=1S/C14H22N4O.C2H6/c1-9(2)13-12-8-19-7-11-6-15-4-5-18(11)14(12)17-10(3)16-13;1-2/h9,11,15H,4-8H2,1-3H3;1-2H3. The van der Waals surface area contributed by atoms with E-state index in [4.69, 9.17) is 9.72 Å². The average molecular weight is 292 g/mol. The Morgan fingerprint density at radius 1 is 1.29 bits per heavy atom. The zero-order chi connectivity index (χ0) is 15.4. The van der Waals surface area contributed by atoms with E-state index in [1.807, 2.05) is 20.8 Å². The molecule has 3 rings (SSSR count). The summed E-state index contributed by atoms with van der Waals surface area (Å²) >= 11 is 0. The number of rotatable bonds is 1. The Morgan fingerprint density at radius 2 is 2.05 bits per heavy atom. The molecular formula is C16H28N4O. The number of piperazine rings is 1. The third-order valence-electron chi connectivity index (χ3n) is 3.85. The number of hydrogen-bond donors (Lipinski definition) is 1. The molecular weight excluding hydrogens is 264 g/mol. The minimum atomic E-state index is 0.393. The highest BCUT2D eigenvalue weighted by atomic mass is 16.5. The Labute approximate surface area is 128 Å². The molecule has 3 heterocycles. The number of nitrogens with zero attached hydrogens (tertiary/aromatic N) is 3. The molecule has 0 radical (unpaired) electrons. The van der Waals surface area contributed by atoms with Crippen molar-refractivity contribution >= 4 is 5.82 Å². The molecule has 21 heavy (non-hydrogen) atoms. The van der Waals surface area contributed by atoms with Gasteiger partial charge in [0.1, 0.15) is 11.6 Å². The molecule has 0 aromatic carbocycles. The van der Waals surface area contributed by atoms with Crippen molar-refractivity contribution in [3.63, 3.8) is 0 Å². The molecule has 1 saturated heterocycles. The van der Waals surface area contributed by atoms with Gasteiger partial charge >= 0.3 is 0 Å². The van der Waals surface area contributed by atoms with E-state index in [0.29, 0.717) is 18.6 Å². The van der Waals surface area contributed by atoms with Gasteiger partial charge in [-0.25, -0.2) is 9.97 Å². The zero-order valence-electron chi connectivity index (χ0n) is 13.9. The van der Waals surface area contributed by atoms with E-state index >= 15 is 0 Å². The third-order valence-corrected chi connectivity index (χ3v) is 3.85. The first-order valence-electron chi connectivity index (χ1n) is 8.09. The van der Waals surface area contributed by atoms with Crippen LogP contribution in [0.4, 0.5) is 5.82 Å². The molecule has 5 heteroatoms. The van der Waals surface area contributed by atoms with Crippen LogP contribution in [-0.4, -0.2) is 42.3 Å². The van der Waals surface area contributed by atoms with Gasteiger partial charge in [0, 0.05) is 25.2 Å². The van der Waals surface area contributed by atoms with Gasteiger partial charge < -0.3 is 15.0 Å². The molecule has 0 saturated carbocycles. The second-order valence-electron chi connectivity index (χ2n) is 5.68. The lowest BCUT2D eigenvalue weighted by atomic mass is 10.0. The van der Waals surface area contributed by atoms with Gasteiger partial charge in [0.2, 0.25) is 0 Å². The smallest absolute Gasteiger partial charge is 0.138 e. The number of hydrogen-bond acceptors (Lipinski definition) is 5. The number of ether oxygens (including phenoxy) is 1. The molecule has 0 spiro atoms. The largest absolute Gasteiger partial charge is 0.374 e. The second kappa shape index (κ2) is 7.18. The lowest BCUT2D eigenvalue weighted by Gasteiger charge is -2.36. The first kappa shape index (κ1) is 16.2. The lowest BCUT2D eigenvalue weighted by molar-refractivity contribution is 0.109. The van der Waals surface area contributed by atoms with Crippen molar-refractivity contribution in [2.45, 2.75) is 53.2 Å². The van der Waals surface area contributed by atoms with Crippen molar-refractivity contribution in [2.24, 2.45) is 0 Å². The topological polar surface area (TPSA) is 50.3 Å². The van der Waals surface area contributed by atoms with Gasteiger partial charge in [-0.1, -0.05) is 27.7 Å². The Morgan fingerprint density at radius 3 is 2.76 bits per heavy atom. The zero-order valence-corrected chi connectivity index (χ0v) is 13.9. The molecule has 1 fully saturated rings. The van der Waals surface area contributed by atoms with Crippen molar-refractivity contribution in [3.8, 4) is 0 Å². The summed E-state index contributed by atoms with van der Waals surface area (Å²) in [6.45, 7) is 14.7. The molecule has 0 amide bonds. The van der Waals surface area contributed by atoms with E-state index in [0.717, 1.165) is 43.6 Å². The number of anilines is 1. The quantitative estimate of drug-likeness (QED) is 0.860. The average Bonchev–Trinajstić information content (AvgIpc) is 2.68. The molecule has 5 nitrogen and oxygen atoms in total. The second-order valence-corrected chi connectivity index (χ2v) is 5.68. The highest BCUT2D eigenvalue weighted by molar-refractivity contribution is 5.52. The highest BCUT2D eigenvalue weighted by Crippen LogP contribution is 2.30. The van der Waals surface area contributed by atoms with E-state index in [1.54, 1.807) is 0 Å². The van der Waals surface area contributed by atoms with Crippen LogP contribution >= 0.6 is 0 Å². The summed E-state index contributed by atoms with van der Waals surface area (Å²) in [7, 11) is 0. The molecule has 1 N–H and O–H groups in total. The molecule has 2 aliphatic heterocycles. The van der Waals surface area contributed by atoms with E-state index in [-0.39, 0.29) is 0 Å². The maximum atomic E-state index is 5.86. The van der Waals surface area contributed by atoms with Crippen molar-refractivity contribution in [3.05, 3.63) is 17.1 Å². The Balaban J connectivity index is 0.000000774. The Hall–Kier alpha value is -1.20. The fourth-order valence-corrected chi connectivity index (χ4v) is 2.94. The van der Waals surface area contributed by atoms with E-state index in [2.05, 4.69) is 29.0 Å². The highest BCUT2D eigenvalue weighted by Gasteiger charge is 2.30. The summed E-state index contributed by atoms with van der Waals surface area (Å²) in [5.74, 6) is 2.36. The number of aromatic nitrogens is 2. The van der Waals surface area contributed by atoms with Gasteiger partial charge in [-0.2, -0.15) is 0 Å². The van der Waals surface area contributed by atoms with Gasteiger partial charge in [0.15, 0.2) is 0 Å². The molecule has 1 aromatic heterocycles. The first-order valence-corrected chi connectivity index (χ1v) is 8.09. The SMILES string of the molecule is CC.Cc1nc(C(C)C)c2c(n1)N1CCNCC1COC2. The van der Waals surface area contributed by atoms with Crippen LogP contribution < -0.4 is 10.2 Å². The number of nitrogens with one attached hydrogen (secondary N) is 1. The van der Waals surface area contributed by atoms with E-state index in [9.17, 15) is 0 Å². The van der Waals surface area contributed by atoms with Crippen LogP contribution in [0.25, 0.3) is 0 Å². The number of aryl methyl sites for hydroxylation is 1. The minimum absolute atomic E-state index is 0.393. The first-order chi connectivity index (χ1) is 10.2. The summed E-state index contributed by atoms with van der Waals surface area (Å²) in [5.41, 5.74) is 2.33. The molecule has 0 bridgehead atoms. The predicted molar refractivity (Wildman–Crippen MR) is 85.9 cm³/mol.